The van der Waals surface area contributed by atoms with Gasteiger partial charge in [-0.1, -0.05) is 13.8 Å². The fourth-order valence-corrected chi connectivity index (χ4v) is 8.13. The van der Waals surface area contributed by atoms with Gasteiger partial charge in [-0.3, -0.25) is 9.59 Å². The molecule has 2 heterocycles. The number of rotatable bonds is 10. The highest BCUT2D eigenvalue weighted by Gasteiger charge is 2.30. The van der Waals surface area contributed by atoms with Gasteiger partial charge in [-0.05, 0) is 81.8 Å². The molecule has 2 aliphatic carbocycles. The van der Waals surface area contributed by atoms with E-state index in [1.54, 1.807) is 13.8 Å². The summed E-state index contributed by atoms with van der Waals surface area (Å²) in [6.07, 6.45) is 6.00. The molecule has 10 heteroatoms. The molecule has 8 nitrogen and oxygen atoms in total. The Bertz CT molecular complexity index is 1150. The summed E-state index contributed by atoms with van der Waals surface area (Å²) in [6.45, 7) is 8.46. The molecule has 212 valence electrons. The minimum atomic E-state index is -0.398. The van der Waals surface area contributed by atoms with E-state index in [2.05, 4.69) is 24.5 Å². The summed E-state index contributed by atoms with van der Waals surface area (Å²) in [7, 11) is 0. The second-order valence-electron chi connectivity index (χ2n) is 10.5. The highest BCUT2D eigenvalue weighted by Crippen LogP contribution is 2.41. The highest BCUT2D eigenvalue weighted by molar-refractivity contribution is 7.17. The molecule has 0 fully saturated rings. The molecule has 0 aliphatic heterocycles. The number of carbonyl (C=O) groups excluding carboxylic acids is 4. The van der Waals surface area contributed by atoms with Gasteiger partial charge in [0, 0.05) is 22.6 Å². The number of carbonyl (C=O) groups is 4. The Hall–Kier alpha value is -2.72. The van der Waals surface area contributed by atoms with Crippen LogP contribution in [0.1, 0.15) is 101 Å². The van der Waals surface area contributed by atoms with Crippen molar-refractivity contribution in [1.29, 1.82) is 0 Å². The number of nitrogens with one attached hydrogen (secondary N) is 2. The molecule has 4 rings (SSSR count). The summed E-state index contributed by atoms with van der Waals surface area (Å²) in [6, 6.07) is 0. The lowest BCUT2D eigenvalue weighted by Crippen LogP contribution is -2.18. The van der Waals surface area contributed by atoms with Crippen LogP contribution in [0.3, 0.4) is 0 Å². The molecule has 2 aromatic heterocycles. The van der Waals surface area contributed by atoms with Crippen molar-refractivity contribution in [3.63, 3.8) is 0 Å². The molecule has 0 radical (unpaired) electrons. The molecule has 39 heavy (non-hydrogen) atoms. The second-order valence-corrected chi connectivity index (χ2v) is 12.7. The Morgan fingerprint density at radius 3 is 1.54 bits per heavy atom. The zero-order chi connectivity index (χ0) is 28.1. The molecule has 0 bridgehead atoms. The zero-order valence-electron chi connectivity index (χ0n) is 23.2. The molecule has 0 saturated heterocycles. The fourth-order valence-electron chi connectivity index (χ4n) is 5.30. The zero-order valence-corrected chi connectivity index (χ0v) is 24.8. The number of anilines is 2. The SMILES string of the molecule is CCOC(=O)c1c(NC(=O)CCCC(=O)Nc2sc3c(c2C(=O)OCC)CC[C@H](C)C3)sc2c1CC[C@H](C)C2. The number of hydrogen-bond acceptors (Lipinski definition) is 8. The number of ether oxygens (including phenoxy) is 2. The Morgan fingerprint density at radius 1 is 0.744 bits per heavy atom. The van der Waals surface area contributed by atoms with Crippen LogP contribution in [0.25, 0.3) is 0 Å². The number of esters is 2. The number of hydrogen-bond donors (Lipinski definition) is 2. The first-order chi connectivity index (χ1) is 18.7. The van der Waals surface area contributed by atoms with Crippen molar-refractivity contribution in [2.75, 3.05) is 23.8 Å². The first-order valence-corrected chi connectivity index (χ1v) is 15.6. The molecule has 2 aromatic rings. The maximum Gasteiger partial charge on any atom is 0.341 e. The minimum absolute atomic E-state index is 0.137. The Balaban J connectivity index is 1.37. The lowest BCUT2D eigenvalue weighted by molar-refractivity contribution is -0.117. The van der Waals surface area contributed by atoms with Crippen molar-refractivity contribution >= 4 is 56.4 Å². The summed E-state index contributed by atoms with van der Waals surface area (Å²) in [5, 5.41) is 6.90. The summed E-state index contributed by atoms with van der Waals surface area (Å²) in [4.78, 5) is 53.2. The van der Waals surface area contributed by atoms with E-state index in [4.69, 9.17) is 9.47 Å². The molecule has 2 aliphatic rings. The van der Waals surface area contributed by atoms with Gasteiger partial charge in [0.2, 0.25) is 11.8 Å². The number of thiophene rings is 2. The van der Waals surface area contributed by atoms with Crippen LogP contribution < -0.4 is 10.6 Å². The van der Waals surface area contributed by atoms with Crippen LogP contribution in [0.5, 0.6) is 0 Å². The Kier molecular flexibility index (Phi) is 9.82. The van der Waals surface area contributed by atoms with Gasteiger partial charge in [0.15, 0.2) is 0 Å². The molecule has 2 atom stereocenters. The highest BCUT2D eigenvalue weighted by atomic mass is 32.1. The van der Waals surface area contributed by atoms with Gasteiger partial charge in [-0.15, -0.1) is 22.7 Å². The minimum Gasteiger partial charge on any atom is -0.462 e. The van der Waals surface area contributed by atoms with Crippen molar-refractivity contribution in [2.45, 2.75) is 85.5 Å². The molecular formula is C29H38N2O6S2. The molecule has 0 spiro atoms. The smallest absolute Gasteiger partial charge is 0.341 e. The van der Waals surface area contributed by atoms with E-state index in [0.717, 1.165) is 59.4 Å². The van der Waals surface area contributed by atoms with Gasteiger partial charge < -0.3 is 20.1 Å². The van der Waals surface area contributed by atoms with E-state index in [1.807, 2.05) is 0 Å². The van der Waals surface area contributed by atoms with E-state index in [0.29, 0.717) is 39.4 Å². The van der Waals surface area contributed by atoms with Gasteiger partial charge in [0.25, 0.3) is 0 Å². The van der Waals surface area contributed by atoms with Crippen molar-refractivity contribution in [2.24, 2.45) is 11.8 Å². The van der Waals surface area contributed by atoms with Crippen molar-refractivity contribution in [3.8, 4) is 0 Å². The van der Waals surface area contributed by atoms with Crippen LogP contribution >= 0.6 is 22.7 Å². The normalized spacial score (nSPS) is 18.1. The average molecular weight is 575 g/mol. The van der Waals surface area contributed by atoms with Crippen molar-refractivity contribution < 1.29 is 28.7 Å². The summed E-state index contributed by atoms with van der Waals surface area (Å²) in [5.74, 6) is -0.209. The van der Waals surface area contributed by atoms with Crippen LogP contribution in [0.4, 0.5) is 10.0 Å². The van der Waals surface area contributed by atoms with Gasteiger partial charge in [0.1, 0.15) is 10.0 Å². The van der Waals surface area contributed by atoms with Crippen LogP contribution in [0.15, 0.2) is 0 Å². The lowest BCUT2D eigenvalue weighted by Gasteiger charge is -2.18. The van der Waals surface area contributed by atoms with Gasteiger partial charge in [-0.2, -0.15) is 0 Å². The van der Waals surface area contributed by atoms with Crippen LogP contribution in [0.2, 0.25) is 0 Å². The van der Waals surface area contributed by atoms with E-state index < -0.39 is 11.9 Å². The summed E-state index contributed by atoms with van der Waals surface area (Å²) < 4.78 is 10.6. The van der Waals surface area contributed by atoms with Gasteiger partial charge >= 0.3 is 11.9 Å². The largest absolute Gasteiger partial charge is 0.462 e. The van der Waals surface area contributed by atoms with E-state index in [1.165, 1.54) is 22.7 Å². The van der Waals surface area contributed by atoms with Crippen LogP contribution in [-0.4, -0.2) is 37.0 Å². The third kappa shape index (κ3) is 6.90. The van der Waals surface area contributed by atoms with Crippen molar-refractivity contribution in [3.05, 3.63) is 32.0 Å². The maximum atomic E-state index is 12.8. The first-order valence-electron chi connectivity index (χ1n) is 13.9. The predicted molar refractivity (Wildman–Crippen MR) is 154 cm³/mol. The molecule has 2 amide bonds. The van der Waals surface area contributed by atoms with E-state index in [-0.39, 0.29) is 37.9 Å². The topological polar surface area (TPSA) is 111 Å². The summed E-state index contributed by atoms with van der Waals surface area (Å²) in [5.41, 5.74) is 2.96. The third-order valence-electron chi connectivity index (χ3n) is 7.30. The van der Waals surface area contributed by atoms with Gasteiger partial charge in [0.05, 0.1) is 24.3 Å². The number of fused-ring (bicyclic) bond motifs is 2. The molecule has 2 N–H and O–H groups in total. The molecule has 0 unspecified atom stereocenters. The number of amides is 2. The van der Waals surface area contributed by atoms with Crippen molar-refractivity contribution in [1.82, 2.24) is 0 Å². The van der Waals surface area contributed by atoms with E-state index in [9.17, 15) is 19.2 Å². The van der Waals surface area contributed by atoms with Crippen LogP contribution in [-0.2, 0) is 44.7 Å². The summed E-state index contributed by atoms with van der Waals surface area (Å²) >= 11 is 2.91. The molecular weight excluding hydrogens is 536 g/mol. The maximum absolute atomic E-state index is 12.8. The van der Waals surface area contributed by atoms with E-state index >= 15 is 0 Å². The lowest BCUT2D eigenvalue weighted by atomic mass is 9.88. The third-order valence-corrected chi connectivity index (χ3v) is 9.64. The first kappa shape index (κ1) is 29.3. The Morgan fingerprint density at radius 2 is 1.15 bits per heavy atom. The Labute approximate surface area is 237 Å². The molecule has 0 saturated carbocycles. The standard InChI is InChI=1S/C29H38N2O6S2/c1-5-36-28(34)24-18-12-10-16(3)14-20(18)38-26(24)30-22(32)8-7-9-23(33)31-27-25(29(35)37-6-2)19-13-11-17(4)15-21(19)39-27/h16-17H,5-15H2,1-4H3,(H,30,32)(H,31,33)/t16-,17-/m0/s1. The molecule has 0 aromatic carbocycles. The van der Waals surface area contributed by atoms with Gasteiger partial charge in [-0.25, -0.2) is 9.59 Å². The fraction of sp³-hybridized carbons (Fsp3) is 0.586. The monoisotopic (exact) mass is 574 g/mol. The van der Waals surface area contributed by atoms with Crippen LogP contribution in [0, 0.1) is 11.8 Å². The average Bonchev–Trinajstić information content (AvgIpc) is 3.40. The predicted octanol–water partition coefficient (Wildman–Crippen LogP) is 6.16. The second kappa shape index (κ2) is 13.1. The quantitative estimate of drug-likeness (QED) is 0.329.